The highest BCUT2D eigenvalue weighted by molar-refractivity contribution is 6.30. The number of hydrogen-bond donors (Lipinski definition) is 2. The Morgan fingerprint density at radius 1 is 1.12 bits per heavy atom. The first-order valence-electron chi connectivity index (χ1n) is 10.8. The van der Waals surface area contributed by atoms with Crippen molar-refractivity contribution >= 4 is 29.1 Å². The number of nitrogens with one attached hydrogen (secondary N) is 2. The van der Waals surface area contributed by atoms with Crippen LogP contribution in [0.3, 0.4) is 0 Å². The molecule has 32 heavy (non-hydrogen) atoms. The molecule has 3 aromatic rings. The number of amides is 2. The van der Waals surface area contributed by atoms with Gasteiger partial charge in [-0.15, -0.1) is 0 Å². The fourth-order valence-electron chi connectivity index (χ4n) is 3.40. The highest BCUT2D eigenvalue weighted by Crippen LogP contribution is 2.20. The molecule has 6 nitrogen and oxygen atoms in total. The second-order valence-electron chi connectivity index (χ2n) is 7.99. The lowest BCUT2D eigenvalue weighted by molar-refractivity contribution is -0.121. The van der Waals surface area contributed by atoms with Crippen LogP contribution in [0.5, 0.6) is 0 Å². The molecular formula is C25H29ClN4O2. The number of hydrogen-bond acceptors (Lipinski definition) is 3. The summed E-state index contributed by atoms with van der Waals surface area (Å²) >= 11 is 5.98. The van der Waals surface area contributed by atoms with Crippen LogP contribution < -0.4 is 10.6 Å². The topological polar surface area (TPSA) is 76.0 Å². The van der Waals surface area contributed by atoms with Crippen LogP contribution in [-0.4, -0.2) is 21.6 Å². The van der Waals surface area contributed by atoms with E-state index in [2.05, 4.69) is 15.7 Å². The van der Waals surface area contributed by atoms with E-state index in [-0.39, 0.29) is 24.2 Å². The Bertz CT molecular complexity index is 1110. The van der Waals surface area contributed by atoms with E-state index in [4.69, 9.17) is 11.6 Å². The van der Waals surface area contributed by atoms with Gasteiger partial charge < -0.3 is 10.6 Å². The molecule has 0 aliphatic heterocycles. The summed E-state index contributed by atoms with van der Waals surface area (Å²) in [5.41, 5.74) is 5.21. The molecule has 7 heteroatoms. The number of anilines is 1. The van der Waals surface area contributed by atoms with Gasteiger partial charge in [-0.1, -0.05) is 37.6 Å². The number of rotatable bonds is 8. The Kier molecular flexibility index (Phi) is 7.70. The fraction of sp³-hybridized carbons (Fsp3) is 0.320. The molecule has 0 saturated heterocycles. The third kappa shape index (κ3) is 5.77. The van der Waals surface area contributed by atoms with Crippen LogP contribution in [-0.2, 0) is 22.6 Å². The zero-order valence-electron chi connectivity index (χ0n) is 18.9. The van der Waals surface area contributed by atoms with E-state index in [9.17, 15) is 9.59 Å². The molecule has 0 aliphatic rings. The van der Waals surface area contributed by atoms with E-state index < -0.39 is 0 Å². The van der Waals surface area contributed by atoms with E-state index in [1.807, 2.05) is 80.9 Å². The van der Waals surface area contributed by atoms with Crippen molar-refractivity contribution in [2.45, 2.75) is 47.1 Å². The van der Waals surface area contributed by atoms with Crippen molar-refractivity contribution in [1.29, 1.82) is 0 Å². The van der Waals surface area contributed by atoms with Gasteiger partial charge in [0.15, 0.2) is 0 Å². The number of carbonyl (C=O) groups excluding carboxylic acids is 2. The van der Waals surface area contributed by atoms with E-state index in [1.165, 1.54) is 0 Å². The summed E-state index contributed by atoms with van der Waals surface area (Å²) in [4.78, 5) is 24.7. The largest absolute Gasteiger partial charge is 0.352 e. The molecule has 0 bridgehead atoms. The van der Waals surface area contributed by atoms with Crippen molar-refractivity contribution in [3.05, 3.63) is 76.1 Å². The van der Waals surface area contributed by atoms with Crippen molar-refractivity contribution in [3.8, 4) is 5.69 Å². The van der Waals surface area contributed by atoms with Crippen LogP contribution in [0.4, 0.5) is 5.69 Å². The number of nitrogens with zero attached hydrogens (tertiary/aromatic N) is 2. The van der Waals surface area contributed by atoms with Gasteiger partial charge in [-0.2, -0.15) is 5.10 Å². The van der Waals surface area contributed by atoms with Gasteiger partial charge in [-0.05, 0) is 62.2 Å². The normalized spacial score (nSPS) is 11.8. The van der Waals surface area contributed by atoms with Crippen molar-refractivity contribution in [1.82, 2.24) is 15.1 Å². The van der Waals surface area contributed by atoms with Gasteiger partial charge in [0.1, 0.15) is 0 Å². The predicted octanol–water partition coefficient (Wildman–Crippen LogP) is 4.99. The Hall–Kier alpha value is -3.12. The van der Waals surface area contributed by atoms with Crippen LogP contribution in [0.2, 0.25) is 5.02 Å². The molecule has 1 aromatic heterocycles. The summed E-state index contributed by atoms with van der Waals surface area (Å²) < 4.78 is 1.83. The second kappa shape index (κ2) is 10.5. The van der Waals surface area contributed by atoms with Crippen LogP contribution in [0.15, 0.2) is 48.5 Å². The molecule has 0 saturated carbocycles. The van der Waals surface area contributed by atoms with E-state index >= 15 is 0 Å². The summed E-state index contributed by atoms with van der Waals surface area (Å²) in [6.07, 6.45) is 1.03. The smallest absolute Gasteiger partial charge is 0.227 e. The van der Waals surface area contributed by atoms with Crippen molar-refractivity contribution < 1.29 is 9.59 Å². The summed E-state index contributed by atoms with van der Waals surface area (Å²) in [6.45, 7) is 8.14. The first kappa shape index (κ1) is 23.5. The van der Waals surface area contributed by atoms with Gasteiger partial charge in [-0.3, -0.25) is 9.59 Å². The molecule has 0 aliphatic carbocycles. The van der Waals surface area contributed by atoms with Gasteiger partial charge in [-0.25, -0.2) is 4.68 Å². The number of benzene rings is 2. The molecule has 1 heterocycles. The predicted molar refractivity (Wildman–Crippen MR) is 128 cm³/mol. The Labute approximate surface area is 194 Å². The lowest BCUT2D eigenvalue weighted by atomic mass is 10.1. The lowest BCUT2D eigenvalue weighted by Crippen LogP contribution is -2.25. The Morgan fingerprint density at radius 3 is 2.53 bits per heavy atom. The summed E-state index contributed by atoms with van der Waals surface area (Å²) in [5, 5.41) is 11.2. The van der Waals surface area contributed by atoms with Crippen molar-refractivity contribution in [2.24, 2.45) is 5.92 Å². The second-order valence-corrected chi connectivity index (χ2v) is 8.43. The van der Waals surface area contributed by atoms with Crippen molar-refractivity contribution in [2.75, 3.05) is 5.32 Å². The molecule has 1 unspecified atom stereocenters. The molecule has 2 amide bonds. The molecule has 0 spiro atoms. The van der Waals surface area contributed by atoms with Gasteiger partial charge in [0.2, 0.25) is 11.8 Å². The number of aryl methyl sites for hydroxylation is 1. The summed E-state index contributed by atoms with van der Waals surface area (Å²) in [7, 11) is 0. The van der Waals surface area contributed by atoms with Gasteiger partial charge in [0.05, 0.1) is 17.8 Å². The number of halogens is 1. The molecule has 168 valence electrons. The Morgan fingerprint density at radius 2 is 1.84 bits per heavy atom. The van der Waals surface area contributed by atoms with E-state index in [0.29, 0.717) is 11.6 Å². The molecule has 0 fully saturated rings. The van der Waals surface area contributed by atoms with Gasteiger partial charge in [0, 0.05) is 34.4 Å². The molecule has 1 atom stereocenters. The SMILES string of the molecule is CCC(C)C(=O)Nc1cccc(CNC(=O)Cc2c(C)nn(-c3ccc(Cl)cc3)c2C)c1. The zero-order valence-corrected chi connectivity index (χ0v) is 19.7. The Balaban J connectivity index is 1.63. The summed E-state index contributed by atoms with van der Waals surface area (Å²) in [5.74, 6) is -0.128. The first-order valence-corrected chi connectivity index (χ1v) is 11.1. The third-order valence-electron chi connectivity index (χ3n) is 5.59. The molecular weight excluding hydrogens is 424 g/mol. The maximum Gasteiger partial charge on any atom is 0.227 e. The van der Waals surface area contributed by atoms with Crippen LogP contribution >= 0.6 is 11.6 Å². The van der Waals surface area contributed by atoms with E-state index in [0.717, 1.165) is 40.3 Å². The molecule has 2 aromatic carbocycles. The average molecular weight is 453 g/mol. The zero-order chi connectivity index (χ0) is 23.3. The maximum atomic E-state index is 12.6. The minimum Gasteiger partial charge on any atom is -0.352 e. The van der Waals surface area contributed by atoms with Gasteiger partial charge in [0.25, 0.3) is 0 Å². The molecule has 0 radical (unpaired) electrons. The highest BCUT2D eigenvalue weighted by atomic mass is 35.5. The standard InChI is InChI=1S/C25H29ClN4O2/c1-5-16(2)25(32)28-21-8-6-7-19(13-21)15-27-24(31)14-23-17(3)29-30(18(23)4)22-11-9-20(26)10-12-22/h6-13,16H,5,14-15H2,1-4H3,(H,27,31)(H,28,32). The first-order chi connectivity index (χ1) is 15.3. The van der Waals surface area contributed by atoms with Crippen LogP contribution in [0, 0.1) is 19.8 Å². The number of aromatic nitrogens is 2. The number of carbonyl (C=O) groups is 2. The van der Waals surface area contributed by atoms with Crippen LogP contribution in [0.25, 0.3) is 5.69 Å². The third-order valence-corrected chi connectivity index (χ3v) is 5.85. The van der Waals surface area contributed by atoms with E-state index in [1.54, 1.807) is 0 Å². The quantitative estimate of drug-likeness (QED) is 0.505. The molecule has 2 N–H and O–H groups in total. The summed E-state index contributed by atoms with van der Waals surface area (Å²) in [6, 6.07) is 15.0. The lowest BCUT2D eigenvalue weighted by Gasteiger charge is -2.11. The van der Waals surface area contributed by atoms with Crippen LogP contribution in [0.1, 0.15) is 42.8 Å². The van der Waals surface area contributed by atoms with Gasteiger partial charge >= 0.3 is 0 Å². The van der Waals surface area contributed by atoms with Crippen molar-refractivity contribution in [3.63, 3.8) is 0 Å². The minimum atomic E-state index is -0.0825. The highest BCUT2D eigenvalue weighted by Gasteiger charge is 2.16. The monoisotopic (exact) mass is 452 g/mol. The minimum absolute atomic E-state index is 0.00247. The maximum absolute atomic E-state index is 12.6. The average Bonchev–Trinajstić information content (AvgIpc) is 3.06. The molecule has 3 rings (SSSR count). The fourth-order valence-corrected chi connectivity index (χ4v) is 3.52.